The van der Waals surface area contributed by atoms with Crippen molar-refractivity contribution in [1.82, 2.24) is 5.32 Å². The fraction of sp³-hybridized carbons (Fsp3) is 0.900. The maximum absolute atomic E-state index is 10.9. The minimum atomic E-state index is -0.281. The van der Waals surface area contributed by atoms with E-state index < -0.39 is 0 Å². The molecule has 4 nitrogen and oxygen atoms in total. The van der Waals surface area contributed by atoms with E-state index in [1.54, 1.807) is 0 Å². The molecule has 0 aromatic heterocycles. The van der Waals surface area contributed by atoms with Crippen LogP contribution >= 0.6 is 0 Å². The third kappa shape index (κ3) is 3.64. The largest absolute Gasteiger partial charge is 0.461 e. The molecule has 0 aliphatic heterocycles. The van der Waals surface area contributed by atoms with Crippen molar-refractivity contribution in [2.45, 2.75) is 44.8 Å². The van der Waals surface area contributed by atoms with Gasteiger partial charge in [0.1, 0.15) is 6.10 Å². The Morgan fingerprint density at radius 1 is 1.43 bits per heavy atom. The SMILES string of the molecule is CCNC1CCC(OC(=O)CN)CC1. The molecule has 1 fully saturated rings. The smallest absolute Gasteiger partial charge is 0.319 e. The van der Waals surface area contributed by atoms with Crippen LogP contribution in [0, 0.1) is 0 Å². The number of esters is 1. The molecule has 82 valence electrons. The topological polar surface area (TPSA) is 64.3 Å². The van der Waals surface area contributed by atoms with Crippen molar-refractivity contribution in [1.29, 1.82) is 0 Å². The molecule has 0 radical (unpaired) electrons. The van der Waals surface area contributed by atoms with E-state index >= 15 is 0 Å². The van der Waals surface area contributed by atoms with Gasteiger partial charge in [0.15, 0.2) is 0 Å². The molecule has 1 aliphatic carbocycles. The summed E-state index contributed by atoms with van der Waals surface area (Å²) in [7, 11) is 0. The highest BCUT2D eigenvalue weighted by atomic mass is 16.5. The van der Waals surface area contributed by atoms with Crippen LogP contribution in [-0.2, 0) is 9.53 Å². The maximum Gasteiger partial charge on any atom is 0.319 e. The molecule has 0 aromatic carbocycles. The number of carbonyl (C=O) groups is 1. The minimum Gasteiger partial charge on any atom is -0.461 e. The van der Waals surface area contributed by atoms with Gasteiger partial charge in [0.2, 0.25) is 0 Å². The lowest BCUT2D eigenvalue weighted by atomic mass is 9.93. The highest BCUT2D eigenvalue weighted by Crippen LogP contribution is 2.21. The molecular weight excluding hydrogens is 180 g/mol. The number of carbonyl (C=O) groups excluding carboxylic acids is 1. The highest BCUT2D eigenvalue weighted by molar-refractivity contribution is 5.71. The quantitative estimate of drug-likeness (QED) is 0.645. The van der Waals surface area contributed by atoms with E-state index in [9.17, 15) is 4.79 Å². The summed E-state index contributed by atoms with van der Waals surface area (Å²) >= 11 is 0. The van der Waals surface area contributed by atoms with E-state index in [0.717, 1.165) is 32.2 Å². The first kappa shape index (κ1) is 11.5. The normalized spacial score (nSPS) is 27.3. The molecule has 0 spiro atoms. The summed E-state index contributed by atoms with van der Waals surface area (Å²) in [4.78, 5) is 10.9. The molecular formula is C10H20N2O2. The average molecular weight is 200 g/mol. The van der Waals surface area contributed by atoms with Gasteiger partial charge >= 0.3 is 5.97 Å². The predicted octanol–water partition coefficient (Wildman–Crippen LogP) is 0.409. The van der Waals surface area contributed by atoms with Crippen LogP contribution in [0.15, 0.2) is 0 Å². The van der Waals surface area contributed by atoms with Crippen LogP contribution in [0.2, 0.25) is 0 Å². The van der Waals surface area contributed by atoms with E-state index in [0.29, 0.717) is 6.04 Å². The molecule has 3 N–H and O–H groups in total. The Kier molecular flexibility index (Phi) is 4.90. The van der Waals surface area contributed by atoms with E-state index in [1.807, 2.05) is 0 Å². The number of ether oxygens (including phenoxy) is 1. The van der Waals surface area contributed by atoms with Gasteiger partial charge in [-0.05, 0) is 32.2 Å². The molecule has 14 heavy (non-hydrogen) atoms. The molecule has 0 unspecified atom stereocenters. The van der Waals surface area contributed by atoms with Crippen LogP contribution in [0.4, 0.5) is 0 Å². The van der Waals surface area contributed by atoms with E-state index in [4.69, 9.17) is 10.5 Å². The van der Waals surface area contributed by atoms with Crippen LogP contribution in [-0.4, -0.2) is 31.2 Å². The first-order valence-corrected chi connectivity index (χ1v) is 5.39. The number of hydrogen-bond donors (Lipinski definition) is 2. The first-order valence-electron chi connectivity index (χ1n) is 5.39. The molecule has 1 aliphatic rings. The van der Waals surface area contributed by atoms with Gasteiger partial charge in [0.05, 0.1) is 6.54 Å². The Hall–Kier alpha value is -0.610. The zero-order valence-electron chi connectivity index (χ0n) is 8.79. The Balaban J connectivity index is 2.18. The minimum absolute atomic E-state index is 0.00681. The zero-order chi connectivity index (χ0) is 10.4. The number of rotatable bonds is 4. The summed E-state index contributed by atoms with van der Waals surface area (Å²) in [6.07, 6.45) is 4.21. The third-order valence-corrected chi connectivity index (χ3v) is 2.63. The van der Waals surface area contributed by atoms with Gasteiger partial charge in [-0.3, -0.25) is 4.79 Å². The fourth-order valence-corrected chi connectivity index (χ4v) is 1.91. The standard InChI is InChI=1S/C10H20N2O2/c1-2-12-8-3-5-9(6-4-8)14-10(13)7-11/h8-9,12H,2-7,11H2,1H3. The van der Waals surface area contributed by atoms with Crippen LogP contribution in [0.1, 0.15) is 32.6 Å². The Labute approximate surface area is 85.2 Å². The van der Waals surface area contributed by atoms with Crippen molar-refractivity contribution in [3.8, 4) is 0 Å². The summed E-state index contributed by atoms with van der Waals surface area (Å²) in [6.45, 7) is 3.12. The summed E-state index contributed by atoms with van der Waals surface area (Å²) in [5, 5.41) is 3.41. The van der Waals surface area contributed by atoms with Crippen molar-refractivity contribution >= 4 is 5.97 Å². The lowest BCUT2D eigenvalue weighted by Crippen LogP contribution is -2.36. The van der Waals surface area contributed by atoms with Gasteiger partial charge in [-0.15, -0.1) is 0 Å². The van der Waals surface area contributed by atoms with E-state index in [2.05, 4.69) is 12.2 Å². The van der Waals surface area contributed by atoms with Crippen molar-refractivity contribution in [3.05, 3.63) is 0 Å². The van der Waals surface area contributed by atoms with Crippen molar-refractivity contribution in [3.63, 3.8) is 0 Å². The van der Waals surface area contributed by atoms with Crippen LogP contribution < -0.4 is 11.1 Å². The molecule has 0 amide bonds. The summed E-state index contributed by atoms with van der Waals surface area (Å²) in [5.41, 5.74) is 5.18. The van der Waals surface area contributed by atoms with Crippen LogP contribution in [0.3, 0.4) is 0 Å². The van der Waals surface area contributed by atoms with Gasteiger partial charge in [0.25, 0.3) is 0 Å². The molecule has 1 rings (SSSR count). The molecule has 0 atom stereocenters. The van der Waals surface area contributed by atoms with Gasteiger partial charge in [0, 0.05) is 6.04 Å². The van der Waals surface area contributed by atoms with Gasteiger partial charge < -0.3 is 15.8 Å². The van der Waals surface area contributed by atoms with Crippen LogP contribution in [0.25, 0.3) is 0 Å². The second kappa shape index (κ2) is 5.98. The van der Waals surface area contributed by atoms with Crippen molar-refractivity contribution < 1.29 is 9.53 Å². The Bertz CT molecular complexity index is 177. The highest BCUT2D eigenvalue weighted by Gasteiger charge is 2.22. The summed E-state index contributed by atoms with van der Waals surface area (Å²) < 4.78 is 5.18. The summed E-state index contributed by atoms with van der Waals surface area (Å²) in [6, 6.07) is 0.604. The average Bonchev–Trinajstić information content (AvgIpc) is 2.21. The Morgan fingerprint density at radius 2 is 2.07 bits per heavy atom. The van der Waals surface area contributed by atoms with Crippen molar-refractivity contribution in [2.75, 3.05) is 13.1 Å². The first-order chi connectivity index (χ1) is 6.76. The Morgan fingerprint density at radius 3 is 2.57 bits per heavy atom. The van der Waals surface area contributed by atoms with Gasteiger partial charge in [-0.25, -0.2) is 0 Å². The van der Waals surface area contributed by atoms with Gasteiger partial charge in [-0.1, -0.05) is 6.92 Å². The number of nitrogens with two attached hydrogens (primary N) is 1. The van der Waals surface area contributed by atoms with E-state index in [-0.39, 0.29) is 18.6 Å². The number of hydrogen-bond acceptors (Lipinski definition) is 4. The molecule has 0 heterocycles. The second-order valence-electron chi connectivity index (χ2n) is 3.73. The second-order valence-corrected chi connectivity index (χ2v) is 3.73. The van der Waals surface area contributed by atoms with E-state index in [1.165, 1.54) is 0 Å². The predicted molar refractivity (Wildman–Crippen MR) is 54.9 cm³/mol. The lowest BCUT2D eigenvalue weighted by Gasteiger charge is -2.28. The lowest BCUT2D eigenvalue weighted by molar-refractivity contribution is -0.148. The van der Waals surface area contributed by atoms with Crippen molar-refractivity contribution in [2.24, 2.45) is 5.73 Å². The van der Waals surface area contributed by atoms with Gasteiger partial charge in [-0.2, -0.15) is 0 Å². The molecule has 4 heteroatoms. The third-order valence-electron chi connectivity index (χ3n) is 2.63. The molecule has 1 saturated carbocycles. The monoisotopic (exact) mass is 200 g/mol. The zero-order valence-corrected chi connectivity index (χ0v) is 8.79. The maximum atomic E-state index is 10.9. The van der Waals surface area contributed by atoms with Crippen LogP contribution in [0.5, 0.6) is 0 Å². The molecule has 0 saturated heterocycles. The number of nitrogens with one attached hydrogen (secondary N) is 1. The fourth-order valence-electron chi connectivity index (χ4n) is 1.91. The molecule has 0 bridgehead atoms. The molecule has 0 aromatic rings. The summed E-state index contributed by atoms with van der Waals surface area (Å²) in [5.74, 6) is -0.281.